The zero-order valence-electron chi connectivity index (χ0n) is 26.8. The number of hydrogen-bond acceptors (Lipinski definition) is 4. The van der Waals surface area contributed by atoms with Crippen molar-refractivity contribution in [1.82, 2.24) is 14.5 Å². The second-order valence-electron chi connectivity index (χ2n) is 12.8. The van der Waals surface area contributed by atoms with E-state index in [1.807, 2.05) is 47.4 Å². The summed E-state index contributed by atoms with van der Waals surface area (Å²) in [6, 6.07) is 34.2. The Bertz CT molecular complexity index is 2030. The van der Waals surface area contributed by atoms with Crippen molar-refractivity contribution in [2.24, 2.45) is 0 Å². The van der Waals surface area contributed by atoms with E-state index >= 15 is 0 Å². The van der Waals surface area contributed by atoms with Crippen LogP contribution in [-0.4, -0.2) is 14.5 Å². The van der Waals surface area contributed by atoms with Crippen molar-refractivity contribution in [3.63, 3.8) is 0 Å². The summed E-state index contributed by atoms with van der Waals surface area (Å²) in [5, 5.41) is 0. The molecule has 6 aromatic rings. The van der Waals surface area contributed by atoms with E-state index in [2.05, 4.69) is 130 Å². The number of imidazole rings is 1. The Morgan fingerprint density at radius 2 is 1.57 bits per heavy atom. The van der Waals surface area contributed by atoms with Crippen LogP contribution >= 0.6 is 0 Å². The number of rotatable bonds is 5. The fraction of sp³-hybridized carbons (Fsp3) is 0.175. The van der Waals surface area contributed by atoms with E-state index in [1.165, 1.54) is 27.8 Å². The van der Waals surface area contributed by atoms with Crippen molar-refractivity contribution in [3.8, 4) is 45.3 Å². The van der Waals surface area contributed by atoms with Crippen LogP contribution in [0.25, 0.3) is 33.8 Å². The Labute approximate surface area is 286 Å². The van der Waals surface area contributed by atoms with Crippen LogP contribution < -0.4 is 9.64 Å². The maximum atomic E-state index is 6.58. The molecule has 0 amide bonds. The van der Waals surface area contributed by atoms with E-state index < -0.39 is 0 Å². The van der Waals surface area contributed by atoms with Crippen molar-refractivity contribution < 1.29 is 25.8 Å². The quantitative estimate of drug-likeness (QED) is 0.164. The van der Waals surface area contributed by atoms with Crippen molar-refractivity contribution >= 4 is 11.4 Å². The minimum absolute atomic E-state index is 0. The average Bonchev–Trinajstić information content (AvgIpc) is 3.49. The summed E-state index contributed by atoms with van der Waals surface area (Å²) in [4.78, 5) is 11.4. The predicted molar refractivity (Wildman–Crippen MR) is 182 cm³/mol. The van der Waals surface area contributed by atoms with Gasteiger partial charge in [0.1, 0.15) is 0 Å². The first-order valence-electron chi connectivity index (χ1n) is 15.2. The molecule has 0 radical (unpaired) electrons. The van der Waals surface area contributed by atoms with Crippen LogP contribution in [0.3, 0.4) is 0 Å². The number of ether oxygens (including phenoxy) is 1. The Kier molecular flexibility index (Phi) is 8.39. The molecule has 46 heavy (non-hydrogen) atoms. The largest absolute Gasteiger partial charge is 0.503 e. The first kappa shape index (κ1) is 31.4. The number of benzene rings is 4. The van der Waals surface area contributed by atoms with Gasteiger partial charge in [-0.25, -0.2) is 0 Å². The monoisotopic (exact) mass is 782 g/mol. The van der Waals surface area contributed by atoms with Gasteiger partial charge in [-0.15, -0.1) is 47.5 Å². The molecule has 1 aliphatic rings. The Balaban J connectivity index is 0.00000372. The number of aryl methyl sites for hydroxylation is 3. The topological polar surface area (TPSA) is 43.2 Å². The Morgan fingerprint density at radius 3 is 2.35 bits per heavy atom. The molecule has 4 aromatic carbocycles. The zero-order valence-corrected chi connectivity index (χ0v) is 29.1. The van der Waals surface area contributed by atoms with Gasteiger partial charge in [-0.3, -0.25) is 0 Å². The van der Waals surface area contributed by atoms with Crippen LogP contribution in [0.2, 0.25) is 0 Å². The van der Waals surface area contributed by atoms with Crippen LogP contribution in [0.4, 0.5) is 11.4 Å². The zero-order chi connectivity index (χ0) is 31.3. The van der Waals surface area contributed by atoms with E-state index in [4.69, 9.17) is 4.74 Å². The number of aromatic nitrogens is 3. The van der Waals surface area contributed by atoms with E-state index in [9.17, 15) is 0 Å². The first-order chi connectivity index (χ1) is 21.6. The summed E-state index contributed by atoms with van der Waals surface area (Å²) in [5.74, 6) is 2.12. The molecule has 0 saturated carbocycles. The summed E-state index contributed by atoms with van der Waals surface area (Å²) >= 11 is 0. The predicted octanol–water partition coefficient (Wildman–Crippen LogP) is 10.0. The molecule has 0 fully saturated rings. The summed E-state index contributed by atoms with van der Waals surface area (Å²) in [6.07, 6.45) is 5.66. The molecule has 0 atom stereocenters. The van der Waals surface area contributed by atoms with Crippen molar-refractivity contribution in [3.05, 3.63) is 139 Å². The smallest absolute Gasteiger partial charge is 0.0421 e. The van der Waals surface area contributed by atoms with Crippen LogP contribution in [0.15, 0.2) is 97.5 Å². The van der Waals surface area contributed by atoms with E-state index in [1.54, 1.807) is 0 Å². The van der Waals surface area contributed by atoms with Gasteiger partial charge in [0.05, 0.1) is 0 Å². The van der Waals surface area contributed by atoms with Crippen molar-refractivity contribution in [2.45, 2.75) is 47.0 Å². The van der Waals surface area contributed by atoms with Crippen LogP contribution in [-0.2, 0) is 26.5 Å². The SMILES string of the molecule is Cc1cc(C)c(-c2cc(Oc3[c-]c(-c4cc(C(C)(C)C)ccn4)ccc3)[c-]c(N3[CH-]n4ccnc4-c4ccccc43)c2)c(C)c1.[Pt]. The molecule has 0 saturated heterocycles. The molecule has 3 heterocycles. The minimum atomic E-state index is 0. The van der Waals surface area contributed by atoms with Gasteiger partial charge < -0.3 is 24.2 Å². The van der Waals surface area contributed by atoms with Crippen LogP contribution in [0.1, 0.15) is 43.0 Å². The number of pyridine rings is 1. The maximum absolute atomic E-state index is 6.58. The van der Waals surface area contributed by atoms with Gasteiger partial charge in [-0.1, -0.05) is 80.7 Å². The minimum Gasteiger partial charge on any atom is -0.503 e. The van der Waals surface area contributed by atoms with Gasteiger partial charge in [0, 0.05) is 50.3 Å². The number of nitrogens with zero attached hydrogens (tertiary/aromatic N) is 4. The third-order valence-corrected chi connectivity index (χ3v) is 8.26. The van der Waals surface area contributed by atoms with Crippen LogP contribution in [0, 0.1) is 39.6 Å². The molecule has 0 N–H and O–H groups in total. The van der Waals surface area contributed by atoms with Gasteiger partial charge in [0.2, 0.25) is 0 Å². The van der Waals surface area contributed by atoms with Crippen molar-refractivity contribution in [1.29, 1.82) is 0 Å². The first-order valence-corrected chi connectivity index (χ1v) is 15.2. The number of hydrogen-bond donors (Lipinski definition) is 0. The molecule has 0 spiro atoms. The number of fused-ring (bicyclic) bond motifs is 3. The maximum Gasteiger partial charge on any atom is 0.0421 e. The second kappa shape index (κ2) is 12.3. The molecule has 1 aliphatic heterocycles. The molecular weight excluding hydrogens is 748 g/mol. The third-order valence-electron chi connectivity index (χ3n) is 8.26. The van der Waals surface area contributed by atoms with Gasteiger partial charge in [-0.2, -0.15) is 0 Å². The molecular formula is C40H35N4OPt-3. The molecule has 5 nitrogen and oxygen atoms in total. The third kappa shape index (κ3) is 6.00. The van der Waals surface area contributed by atoms with Gasteiger partial charge in [-0.05, 0) is 84.7 Å². The Morgan fingerprint density at radius 1 is 0.783 bits per heavy atom. The summed E-state index contributed by atoms with van der Waals surface area (Å²) < 4.78 is 8.62. The molecule has 234 valence electrons. The summed E-state index contributed by atoms with van der Waals surface area (Å²) in [6.45, 7) is 15.2. The Hall–Kier alpha value is -4.60. The molecule has 0 aliphatic carbocycles. The van der Waals surface area contributed by atoms with E-state index in [-0.39, 0.29) is 26.5 Å². The molecule has 0 bridgehead atoms. The fourth-order valence-electron chi connectivity index (χ4n) is 6.18. The fourth-order valence-corrected chi connectivity index (χ4v) is 6.18. The standard InChI is InChI=1S/C40H35N4O.Pt/c1-26-18-27(2)38(28(3)19-26)30-20-32(44-25-43-17-16-42-39(43)35-12-7-8-13-37(35)44)24-34(22-30)45-33-11-9-10-29(21-33)36-23-31(14-15-41-36)40(4,5)6;/h7-20,22-23,25H,1-6H3;/q-3;. The van der Waals surface area contributed by atoms with Crippen LogP contribution in [0.5, 0.6) is 11.5 Å². The average molecular weight is 783 g/mol. The normalized spacial score (nSPS) is 12.1. The second-order valence-corrected chi connectivity index (χ2v) is 12.8. The summed E-state index contributed by atoms with van der Waals surface area (Å²) in [7, 11) is 0. The number of para-hydroxylation sites is 1. The summed E-state index contributed by atoms with van der Waals surface area (Å²) in [5.41, 5.74) is 11.9. The van der Waals surface area contributed by atoms with Gasteiger partial charge >= 0.3 is 0 Å². The number of anilines is 2. The van der Waals surface area contributed by atoms with Crippen molar-refractivity contribution in [2.75, 3.05) is 4.90 Å². The molecule has 0 unspecified atom stereocenters. The van der Waals surface area contributed by atoms with E-state index in [0.29, 0.717) is 11.5 Å². The van der Waals surface area contributed by atoms with Gasteiger partial charge in [0.25, 0.3) is 0 Å². The molecule has 6 heteroatoms. The molecule has 2 aromatic heterocycles. The van der Waals surface area contributed by atoms with E-state index in [0.717, 1.165) is 39.6 Å². The van der Waals surface area contributed by atoms with Gasteiger partial charge in [0.15, 0.2) is 0 Å². The molecule has 7 rings (SSSR count).